The SMILES string of the molecule is COc1ccc(-c2noc([C@@H]3CCCCN3C(=O)c3c(OC)cccc3OC)n2)cc1. The van der Waals surface area contributed by atoms with Crippen molar-refractivity contribution in [3.63, 3.8) is 0 Å². The number of hydrogen-bond donors (Lipinski definition) is 0. The van der Waals surface area contributed by atoms with E-state index in [4.69, 9.17) is 18.7 Å². The molecule has 0 N–H and O–H groups in total. The summed E-state index contributed by atoms with van der Waals surface area (Å²) in [4.78, 5) is 19.9. The second kappa shape index (κ2) is 9.07. The van der Waals surface area contributed by atoms with Crippen molar-refractivity contribution in [1.82, 2.24) is 15.0 Å². The molecule has 1 fully saturated rings. The summed E-state index contributed by atoms with van der Waals surface area (Å²) < 4.78 is 21.7. The van der Waals surface area contributed by atoms with E-state index in [1.165, 1.54) is 0 Å². The molecule has 1 aliphatic heterocycles. The van der Waals surface area contributed by atoms with Crippen molar-refractivity contribution < 1.29 is 23.5 Å². The maximum absolute atomic E-state index is 13.6. The van der Waals surface area contributed by atoms with Crippen molar-refractivity contribution in [2.45, 2.75) is 25.3 Å². The molecule has 1 aromatic heterocycles. The molecule has 31 heavy (non-hydrogen) atoms. The molecule has 0 saturated carbocycles. The Labute approximate surface area is 180 Å². The van der Waals surface area contributed by atoms with E-state index >= 15 is 0 Å². The predicted molar refractivity (Wildman–Crippen MR) is 113 cm³/mol. The number of piperidine rings is 1. The smallest absolute Gasteiger partial charge is 0.262 e. The van der Waals surface area contributed by atoms with Crippen LogP contribution in [0.3, 0.4) is 0 Å². The molecule has 0 unspecified atom stereocenters. The Morgan fingerprint density at radius 1 is 1.00 bits per heavy atom. The fourth-order valence-corrected chi connectivity index (χ4v) is 3.86. The molecule has 2 aromatic carbocycles. The number of methoxy groups -OCH3 is 3. The highest BCUT2D eigenvalue weighted by atomic mass is 16.5. The third-order valence-corrected chi connectivity index (χ3v) is 5.48. The number of rotatable bonds is 6. The summed E-state index contributed by atoms with van der Waals surface area (Å²) in [6, 6.07) is 12.4. The molecule has 1 saturated heterocycles. The zero-order valence-corrected chi connectivity index (χ0v) is 17.8. The van der Waals surface area contributed by atoms with E-state index in [1.807, 2.05) is 24.3 Å². The van der Waals surface area contributed by atoms with Crippen LogP contribution in [0.1, 0.15) is 41.6 Å². The quantitative estimate of drug-likeness (QED) is 0.589. The molecule has 1 amide bonds. The predicted octanol–water partition coefficient (Wildman–Crippen LogP) is 4.13. The lowest BCUT2D eigenvalue weighted by molar-refractivity contribution is 0.0554. The molecule has 1 atom stereocenters. The van der Waals surface area contributed by atoms with Gasteiger partial charge in [0.1, 0.15) is 28.9 Å². The standard InChI is InChI=1S/C23H25N3O5/c1-28-16-12-10-15(11-13-16)21-24-22(31-25-21)17-7-4-5-14-26(17)23(27)20-18(29-2)8-6-9-19(20)30-3/h6,8-13,17H,4-5,7,14H2,1-3H3/t17-/m0/s1. The zero-order chi connectivity index (χ0) is 21.8. The topological polar surface area (TPSA) is 86.9 Å². The van der Waals surface area contributed by atoms with Crippen LogP contribution < -0.4 is 14.2 Å². The normalized spacial score (nSPS) is 16.1. The Hall–Kier alpha value is -3.55. The van der Waals surface area contributed by atoms with Crippen molar-refractivity contribution in [3.8, 4) is 28.6 Å². The summed E-state index contributed by atoms with van der Waals surface area (Å²) >= 11 is 0. The van der Waals surface area contributed by atoms with Gasteiger partial charge in [-0.2, -0.15) is 4.98 Å². The summed E-state index contributed by atoms with van der Waals surface area (Å²) in [5, 5.41) is 4.14. The van der Waals surface area contributed by atoms with Gasteiger partial charge in [0, 0.05) is 12.1 Å². The fourth-order valence-electron chi connectivity index (χ4n) is 3.86. The summed E-state index contributed by atoms with van der Waals surface area (Å²) in [5.74, 6) is 2.42. The number of benzene rings is 2. The molecular formula is C23H25N3O5. The van der Waals surface area contributed by atoms with E-state index < -0.39 is 0 Å². The number of aromatic nitrogens is 2. The van der Waals surface area contributed by atoms with Crippen molar-refractivity contribution in [2.75, 3.05) is 27.9 Å². The average molecular weight is 423 g/mol. The van der Waals surface area contributed by atoms with Gasteiger partial charge in [0.05, 0.1) is 21.3 Å². The second-order valence-electron chi connectivity index (χ2n) is 7.23. The highest BCUT2D eigenvalue weighted by molar-refractivity contribution is 6.00. The van der Waals surface area contributed by atoms with Gasteiger partial charge < -0.3 is 23.6 Å². The van der Waals surface area contributed by atoms with E-state index in [0.717, 1.165) is 30.6 Å². The third-order valence-electron chi connectivity index (χ3n) is 5.48. The van der Waals surface area contributed by atoms with Crippen LogP contribution in [0.4, 0.5) is 0 Å². The number of ether oxygens (including phenoxy) is 3. The van der Waals surface area contributed by atoms with E-state index in [0.29, 0.717) is 35.3 Å². The van der Waals surface area contributed by atoms with Crippen molar-refractivity contribution in [1.29, 1.82) is 0 Å². The minimum atomic E-state index is -0.310. The molecule has 0 radical (unpaired) electrons. The van der Waals surface area contributed by atoms with Crippen molar-refractivity contribution in [2.24, 2.45) is 0 Å². The molecule has 162 valence electrons. The molecule has 3 aromatic rings. The first kappa shape index (κ1) is 20.7. The van der Waals surface area contributed by atoms with Gasteiger partial charge in [-0.15, -0.1) is 0 Å². The van der Waals surface area contributed by atoms with Crippen molar-refractivity contribution >= 4 is 5.91 Å². The molecule has 1 aliphatic rings. The van der Waals surface area contributed by atoms with E-state index in [2.05, 4.69) is 10.1 Å². The zero-order valence-electron chi connectivity index (χ0n) is 17.8. The Balaban J connectivity index is 1.64. The van der Waals surface area contributed by atoms with Gasteiger partial charge in [-0.3, -0.25) is 4.79 Å². The summed E-state index contributed by atoms with van der Waals surface area (Å²) in [6.45, 7) is 0.588. The van der Waals surface area contributed by atoms with Crippen LogP contribution in [-0.4, -0.2) is 48.8 Å². The van der Waals surface area contributed by atoms with Crippen LogP contribution >= 0.6 is 0 Å². The molecule has 0 spiro atoms. The van der Waals surface area contributed by atoms with Gasteiger partial charge in [-0.1, -0.05) is 11.2 Å². The van der Waals surface area contributed by atoms with Gasteiger partial charge in [0.15, 0.2) is 0 Å². The van der Waals surface area contributed by atoms with Crippen LogP contribution in [0, 0.1) is 0 Å². The first-order valence-corrected chi connectivity index (χ1v) is 10.2. The monoisotopic (exact) mass is 423 g/mol. The van der Waals surface area contributed by atoms with Crippen LogP contribution in [0.15, 0.2) is 47.0 Å². The second-order valence-corrected chi connectivity index (χ2v) is 7.23. The van der Waals surface area contributed by atoms with Crippen LogP contribution in [0.5, 0.6) is 17.2 Å². The maximum atomic E-state index is 13.6. The largest absolute Gasteiger partial charge is 0.497 e. The van der Waals surface area contributed by atoms with Gasteiger partial charge in [-0.05, 0) is 55.7 Å². The highest BCUT2D eigenvalue weighted by Crippen LogP contribution is 2.36. The van der Waals surface area contributed by atoms with Gasteiger partial charge in [0.25, 0.3) is 5.91 Å². The Kier molecular flexibility index (Phi) is 6.06. The number of hydrogen-bond acceptors (Lipinski definition) is 7. The molecule has 8 heteroatoms. The lowest BCUT2D eigenvalue weighted by atomic mass is 10.00. The Morgan fingerprint density at radius 3 is 2.35 bits per heavy atom. The third kappa shape index (κ3) is 4.05. The Bertz CT molecular complexity index is 1030. The molecule has 4 rings (SSSR count). The maximum Gasteiger partial charge on any atom is 0.262 e. The molecular weight excluding hydrogens is 398 g/mol. The molecule has 0 bridgehead atoms. The highest BCUT2D eigenvalue weighted by Gasteiger charge is 2.35. The van der Waals surface area contributed by atoms with E-state index in [9.17, 15) is 4.79 Å². The number of nitrogens with zero attached hydrogens (tertiary/aromatic N) is 3. The van der Waals surface area contributed by atoms with Crippen molar-refractivity contribution in [3.05, 3.63) is 53.9 Å². The van der Waals surface area contributed by atoms with E-state index in [1.54, 1.807) is 44.4 Å². The lowest BCUT2D eigenvalue weighted by Gasteiger charge is -2.34. The van der Waals surface area contributed by atoms with Crippen LogP contribution in [0.25, 0.3) is 11.4 Å². The minimum absolute atomic E-state index is 0.178. The summed E-state index contributed by atoms with van der Waals surface area (Å²) in [5.41, 5.74) is 1.21. The summed E-state index contributed by atoms with van der Waals surface area (Å²) in [7, 11) is 4.70. The summed E-state index contributed by atoms with van der Waals surface area (Å²) in [6.07, 6.45) is 2.62. The van der Waals surface area contributed by atoms with E-state index in [-0.39, 0.29) is 11.9 Å². The van der Waals surface area contributed by atoms with Gasteiger partial charge in [-0.25, -0.2) is 0 Å². The molecule has 0 aliphatic carbocycles. The Morgan fingerprint density at radius 2 is 1.71 bits per heavy atom. The van der Waals surface area contributed by atoms with Crippen LogP contribution in [0.2, 0.25) is 0 Å². The van der Waals surface area contributed by atoms with Gasteiger partial charge >= 0.3 is 0 Å². The van der Waals surface area contributed by atoms with Gasteiger partial charge in [0.2, 0.25) is 11.7 Å². The fraction of sp³-hybridized carbons (Fsp3) is 0.348. The number of likely N-dealkylation sites (tertiary alicyclic amines) is 1. The lowest BCUT2D eigenvalue weighted by Crippen LogP contribution is -2.39. The molecule has 2 heterocycles. The molecule has 8 nitrogen and oxygen atoms in total. The number of carbonyl (C=O) groups excluding carboxylic acids is 1. The first-order chi connectivity index (χ1) is 15.2. The number of amides is 1. The average Bonchev–Trinajstić information content (AvgIpc) is 3.33. The van der Waals surface area contributed by atoms with Crippen LogP contribution in [-0.2, 0) is 0 Å². The minimum Gasteiger partial charge on any atom is -0.497 e. The number of carbonyl (C=O) groups is 1. The first-order valence-electron chi connectivity index (χ1n) is 10.2.